The molecule has 1 N–H and O–H groups in total. The average Bonchev–Trinajstić information content (AvgIpc) is 2.68. The van der Waals surface area contributed by atoms with E-state index >= 15 is 0 Å². The molecule has 1 aromatic rings. The minimum Gasteiger partial charge on any atom is -0.316 e. The van der Waals surface area contributed by atoms with Crippen LogP contribution in [0.4, 0.5) is 0 Å². The largest absolute Gasteiger partial charge is 0.316 e. The maximum absolute atomic E-state index is 6.31. The second-order valence-electron chi connectivity index (χ2n) is 4.72. The highest BCUT2D eigenvalue weighted by Crippen LogP contribution is 2.40. The lowest BCUT2D eigenvalue weighted by molar-refractivity contribution is 0.337. The van der Waals surface area contributed by atoms with Gasteiger partial charge in [0.15, 0.2) is 0 Å². The van der Waals surface area contributed by atoms with Crippen molar-refractivity contribution in [1.29, 1.82) is 0 Å². The molecule has 0 aliphatic carbocycles. The molecule has 0 amide bonds. The third kappa shape index (κ3) is 1.79. The maximum Gasteiger partial charge on any atom is 0.0444 e. The van der Waals surface area contributed by atoms with Crippen molar-refractivity contribution in [3.8, 4) is 0 Å². The highest BCUT2D eigenvalue weighted by atomic mass is 35.5. The van der Waals surface area contributed by atoms with E-state index in [4.69, 9.17) is 11.6 Å². The molecule has 1 nitrogen and oxygen atoms in total. The van der Waals surface area contributed by atoms with E-state index in [1.807, 2.05) is 12.1 Å². The molecule has 0 saturated carbocycles. The zero-order chi connectivity index (χ0) is 10.9. The summed E-state index contributed by atoms with van der Waals surface area (Å²) in [6, 6.07) is 8.26. The van der Waals surface area contributed by atoms with Crippen LogP contribution >= 0.6 is 11.6 Å². The minimum absolute atomic E-state index is 0.234. The first-order valence-electron chi connectivity index (χ1n) is 5.62. The fourth-order valence-corrected chi connectivity index (χ4v) is 2.93. The number of rotatable bonds is 2. The van der Waals surface area contributed by atoms with E-state index in [0.29, 0.717) is 5.92 Å². The summed E-state index contributed by atoms with van der Waals surface area (Å²) in [4.78, 5) is 0. The maximum atomic E-state index is 6.31. The smallest absolute Gasteiger partial charge is 0.0444 e. The fraction of sp³-hybridized carbons (Fsp3) is 0.538. The van der Waals surface area contributed by atoms with Crippen molar-refractivity contribution in [3.63, 3.8) is 0 Å². The molecule has 2 heteroatoms. The zero-order valence-electron chi connectivity index (χ0n) is 9.39. The highest BCUT2D eigenvalue weighted by molar-refractivity contribution is 6.31. The number of halogens is 1. The van der Waals surface area contributed by atoms with Gasteiger partial charge >= 0.3 is 0 Å². The van der Waals surface area contributed by atoms with Crippen molar-refractivity contribution >= 4 is 11.6 Å². The molecule has 1 aliphatic rings. The lowest BCUT2D eigenvalue weighted by Gasteiger charge is -2.34. The van der Waals surface area contributed by atoms with Crippen LogP contribution in [0.15, 0.2) is 24.3 Å². The lowest BCUT2D eigenvalue weighted by atomic mass is 9.71. The van der Waals surface area contributed by atoms with Crippen LogP contribution in [0.25, 0.3) is 0 Å². The molecule has 1 saturated heterocycles. The van der Waals surface area contributed by atoms with Gasteiger partial charge in [-0.25, -0.2) is 0 Å². The molecule has 82 valence electrons. The second kappa shape index (κ2) is 4.15. The van der Waals surface area contributed by atoms with E-state index in [1.54, 1.807) is 0 Å². The molecule has 0 bridgehead atoms. The normalized spacial score (nSPS) is 26.1. The Morgan fingerprint density at radius 2 is 2.07 bits per heavy atom. The van der Waals surface area contributed by atoms with Crippen LogP contribution in [0, 0.1) is 5.92 Å². The van der Waals surface area contributed by atoms with Gasteiger partial charge in [-0.15, -0.1) is 0 Å². The first-order chi connectivity index (χ1) is 7.17. The van der Waals surface area contributed by atoms with Gasteiger partial charge in [-0.1, -0.05) is 43.6 Å². The Morgan fingerprint density at radius 3 is 2.60 bits per heavy atom. The Bertz CT molecular complexity index is 340. The van der Waals surface area contributed by atoms with Gasteiger partial charge in [-0.2, -0.15) is 0 Å². The Hall–Kier alpha value is -0.530. The predicted molar refractivity (Wildman–Crippen MR) is 65.5 cm³/mol. The quantitative estimate of drug-likeness (QED) is 0.812. The third-order valence-electron chi connectivity index (χ3n) is 3.70. The Balaban J connectivity index is 2.46. The molecular formula is C13H18ClN. The summed E-state index contributed by atoms with van der Waals surface area (Å²) in [5, 5.41) is 4.37. The van der Waals surface area contributed by atoms with Crippen molar-refractivity contribution in [1.82, 2.24) is 5.32 Å². The topological polar surface area (TPSA) is 12.0 Å². The van der Waals surface area contributed by atoms with E-state index < -0.39 is 0 Å². The van der Waals surface area contributed by atoms with E-state index in [9.17, 15) is 0 Å². The van der Waals surface area contributed by atoms with Gasteiger partial charge in [0.05, 0.1) is 0 Å². The molecule has 1 heterocycles. The van der Waals surface area contributed by atoms with Crippen molar-refractivity contribution in [2.75, 3.05) is 13.1 Å². The molecular weight excluding hydrogens is 206 g/mol. The standard InChI is InChI=1S/C13H18ClN/c1-10(2)13(7-8-15-9-13)11-5-3-4-6-12(11)14/h3-6,10,15H,7-9H2,1-2H3. The second-order valence-corrected chi connectivity index (χ2v) is 5.12. The van der Waals surface area contributed by atoms with Crippen LogP contribution < -0.4 is 5.32 Å². The molecule has 15 heavy (non-hydrogen) atoms. The van der Waals surface area contributed by atoms with E-state index in [1.165, 1.54) is 12.0 Å². The zero-order valence-corrected chi connectivity index (χ0v) is 10.1. The highest BCUT2D eigenvalue weighted by Gasteiger charge is 2.39. The van der Waals surface area contributed by atoms with Crippen molar-refractivity contribution < 1.29 is 0 Å². The molecule has 1 fully saturated rings. The summed E-state index contributed by atoms with van der Waals surface area (Å²) in [5.74, 6) is 0.618. The molecule has 1 atom stereocenters. The van der Waals surface area contributed by atoms with Gasteiger partial charge in [0.25, 0.3) is 0 Å². The molecule has 0 spiro atoms. The summed E-state index contributed by atoms with van der Waals surface area (Å²) in [7, 11) is 0. The van der Waals surface area contributed by atoms with Crippen LogP contribution in [-0.4, -0.2) is 13.1 Å². The fourth-order valence-electron chi connectivity index (χ4n) is 2.61. The van der Waals surface area contributed by atoms with E-state index in [-0.39, 0.29) is 5.41 Å². The summed E-state index contributed by atoms with van der Waals surface area (Å²) in [6.45, 7) is 6.73. The van der Waals surface area contributed by atoms with E-state index in [0.717, 1.165) is 18.1 Å². The molecule has 1 aliphatic heterocycles. The minimum atomic E-state index is 0.234. The van der Waals surface area contributed by atoms with Crippen LogP contribution in [0.3, 0.4) is 0 Å². The molecule has 0 radical (unpaired) electrons. The summed E-state index contributed by atoms with van der Waals surface area (Å²) < 4.78 is 0. The SMILES string of the molecule is CC(C)C1(c2ccccc2Cl)CCNC1. The van der Waals surface area contributed by atoms with Gasteiger partial charge < -0.3 is 5.32 Å². The van der Waals surface area contributed by atoms with Gasteiger partial charge in [-0.05, 0) is 30.5 Å². The number of hydrogen-bond acceptors (Lipinski definition) is 1. The summed E-state index contributed by atoms with van der Waals surface area (Å²) in [5.41, 5.74) is 1.55. The number of benzene rings is 1. The molecule has 1 aromatic carbocycles. The van der Waals surface area contributed by atoms with Crippen LogP contribution in [0.2, 0.25) is 5.02 Å². The third-order valence-corrected chi connectivity index (χ3v) is 4.03. The van der Waals surface area contributed by atoms with E-state index in [2.05, 4.69) is 31.3 Å². The van der Waals surface area contributed by atoms with Crippen molar-refractivity contribution in [3.05, 3.63) is 34.9 Å². The lowest BCUT2D eigenvalue weighted by Crippen LogP contribution is -2.34. The summed E-state index contributed by atoms with van der Waals surface area (Å²) >= 11 is 6.31. The first kappa shape index (κ1) is 11.0. The van der Waals surface area contributed by atoms with Crippen molar-refractivity contribution in [2.24, 2.45) is 5.92 Å². The summed E-state index contributed by atoms with van der Waals surface area (Å²) in [6.07, 6.45) is 1.19. The Kier molecular flexibility index (Phi) is 3.03. The average molecular weight is 224 g/mol. The number of hydrogen-bond donors (Lipinski definition) is 1. The Labute approximate surface area is 96.8 Å². The predicted octanol–water partition coefficient (Wildman–Crippen LogP) is 3.23. The first-order valence-corrected chi connectivity index (χ1v) is 6.00. The monoisotopic (exact) mass is 223 g/mol. The van der Waals surface area contributed by atoms with Gasteiger partial charge in [0, 0.05) is 17.0 Å². The van der Waals surface area contributed by atoms with Crippen molar-refractivity contribution in [2.45, 2.75) is 25.7 Å². The number of nitrogens with one attached hydrogen (secondary N) is 1. The molecule has 1 unspecified atom stereocenters. The van der Waals surface area contributed by atoms with Crippen LogP contribution in [-0.2, 0) is 5.41 Å². The van der Waals surface area contributed by atoms with Gasteiger partial charge in [0.1, 0.15) is 0 Å². The van der Waals surface area contributed by atoms with Crippen LogP contribution in [0.1, 0.15) is 25.8 Å². The van der Waals surface area contributed by atoms with Gasteiger partial charge in [-0.3, -0.25) is 0 Å². The van der Waals surface area contributed by atoms with Gasteiger partial charge in [0.2, 0.25) is 0 Å². The molecule has 0 aromatic heterocycles. The Morgan fingerprint density at radius 1 is 1.33 bits per heavy atom. The van der Waals surface area contributed by atoms with Crippen LogP contribution in [0.5, 0.6) is 0 Å². The molecule has 2 rings (SSSR count).